The van der Waals surface area contributed by atoms with Gasteiger partial charge in [-0.1, -0.05) is 31.4 Å². The third-order valence-corrected chi connectivity index (χ3v) is 4.46. The van der Waals surface area contributed by atoms with E-state index in [2.05, 4.69) is 44.4 Å². The van der Waals surface area contributed by atoms with Crippen molar-refractivity contribution in [3.63, 3.8) is 0 Å². The van der Waals surface area contributed by atoms with E-state index < -0.39 is 0 Å². The summed E-state index contributed by atoms with van der Waals surface area (Å²) in [4.78, 5) is 0. The quantitative estimate of drug-likeness (QED) is 0.730. The molecule has 2 heteroatoms. The number of hydrogen-bond acceptors (Lipinski definition) is 2. The van der Waals surface area contributed by atoms with Crippen LogP contribution in [0.25, 0.3) is 0 Å². The van der Waals surface area contributed by atoms with E-state index in [4.69, 9.17) is 0 Å². The highest BCUT2D eigenvalue weighted by Crippen LogP contribution is 2.28. The van der Waals surface area contributed by atoms with Crippen molar-refractivity contribution >= 4 is 11.8 Å². The van der Waals surface area contributed by atoms with Crippen LogP contribution in [-0.4, -0.2) is 23.1 Å². The van der Waals surface area contributed by atoms with Gasteiger partial charge in [-0.3, -0.25) is 0 Å². The Balaban J connectivity index is 2.09. The van der Waals surface area contributed by atoms with Gasteiger partial charge >= 0.3 is 0 Å². The summed E-state index contributed by atoms with van der Waals surface area (Å²) in [6.45, 7) is 11.7. The fourth-order valence-corrected chi connectivity index (χ4v) is 3.15. The Morgan fingerprint density at radius 3 is 2.44 bits per heavy atom. The van der Waals surface area contributed by atoms with Gasteiger partial charge < -0.3 is 5.32 Å². The van der Waals surface area contributed by atoms with Gasteiger partial charge in [0, 0.05) is 23.1 Å². The highest BCUT2D eigenvalue weighted by atomic mass is 32.2. The molecule has 0 amide bonds. The Morgan fingerprint density at radius 2 is 1.88 bits per heavy atom. The van der Waals surface area contributed by atoms with E-state index >= 15 is 0 Å². The minimum atomic E-state index is 0.207. The van der Waals surface area contributed by atoms with Crippen LogP contribution >= 0.6 is 11.8 Å². The third-order valence-electron chi connectivity index (χ3n) is 2.94. The van der Waals surface area contributed by atoms with Crippen molar-refractivity contribution in [3.05, 3.63) is 12.2 Å². The molecule has 1 rings (SSSR count). The summed E-state index contributed by atoms with van der Waals surface area (Å²) >= 11 is 2.12. The molecule has 0 saturated heterocycles. The van der Waals surface area contributed by atoms with Crippen LogP contribution < -0.4 is 5.32 Å². The lowest BCUT2D eigenvalue weighted by Crippen LogP contribution is -2.37. The van der Waals surface area contributed by atoms with E-state index in [1.54, 1.807) is 0 Å². The summed E-state index contributed by atoms with van der Waals surface area (Å²) in [5, 5.41) is 4.40. The van der Waals surface area contributed by atoms with Gasteiger partial charge in [-0.2, -0.15) is 11.8 Å². The molecule has 1 nitrogen and oxygen atoms in total. The first kappa shape index (κ1) is 14.1. The van der Waals surface area contributed by atoms with Crippen LogP contribution in [0.5, 0.6) is 0 Å². The maximum Gasteiger partial charge on any atom is 0.0175 e. The summed E-state index contributed by atoms with van der Waals surface area (Å²) in [7, 11) is 0. The molecule has 1 fully saturated rings. The van der Waals surface area contributed by atoms with Crippen LogP contribution in [0.2, 0.25) is 0 Å². The van der Waals surface area contributed by atoms with Crippen molar-refractivity contribution in [1.29, 1.82) is 0 Å². The normalized spacial score (nSPS) is 18.7. The van der Waals surface area contributed by atoms with Crippen LogP contribution in [0.15, 0.2) is 12.2 Å². The Labute approximate surface area is 105 Å². The molecule has 0 aliphatic heterocycles. The minimum Gasteiger partial charge on any atom is -0.308 e. The minimum absolute atomic E-state index is 0.207. The molecule has 1 aliphatic carbocycles. The zero-order valence-electron chi connectivity index (χ0n) is 11.1. The largest absolute Gasteiger partial charge is 0.308 e. The topological polar surface area (TPSA) is 12.0 Å². The van der Waals surface area contributed by atoms with E-state index in [-0.39, 0.29) is 5.54 Å². The molecule has 0 aromatic heterocycles. The van der Waals surface area contributed by atoms with Crippen molar-refractivity contribution < 1.29 is 0 Å². The number of hydrogen-bond donors (Lipinski definition) is 1. The van der Waals surface area contributed by atoms with Crippen LogP contribution in [0.4, 0.5) is 0 Å². The van der Waals surface area contributed by atoms with Crippen LogP contribution in [0.3, 0.4) is 0 Å². The molecule has 0 unspecified atom stereocenters. The van der Waals surface area contributed by atoms with Gasteiger partial charge in [0.2, 0.25) is 0 Å². The molecular weight excluding hydrogens is 214 g/mol. The molecule has 0 bridgehead atoms. The summed E-state index contributed by atoms with van der Waals surface area (Å²) in [5.41, 5.74) is 1.55. The van der Waals surface area contributed by atoms with Gasteiger partial charge in [-0.15, -0.1) is 0 Å². The van der Waals surface area contributed by atoms with Crippen molar-refractivity contribution in [2.75, 3.05) is 12.3 Å². The average Bonchev–Trinajstić information content (AvgIpc) is 2.24. The van der Waals surface area contributed by atoms with Gasteiger partial charge in [0.05, 0.1) is 0 Å². The smallest absolute Gasteiger partial charge is 0.0175 e. The molecule has 0 radical (unpaired) electrons. The van der Waals surface area contributed by atoms with Gasteiger partial charge in [0.25, 0.3) is 0 Å². The first-order chi connectivity index (χ1) is 7.47. The van der Waals surface area contributed by atoms with E-state index in [9.17, 15) is 0 Å². The molecular formula is C14H27NS. The molecule has 0 spiro atoms. The summed E-state index contributed by atoms with van der Waals surface area (Å²) < 4.78 is 0. The lowest BCUT2D eigenvalue weighted by Gasteiger charge is -2.23. The van der Waals surface area contributed by atoms with Gasteiger partial charge in [-0.25, -0.2) is 0 Å². The Bertz CT molecular complexity index is 211. The maximum absolute atomic E-state index is 4.16. The molecule has 0 heterocycles. The SMILES string of the molecule is C=C(CNC(C)(C)C)CSC1CCCCC1. The predicted molar refractivity (Wildman–Crippen MR) is 76.2 cm³/mol. The molecule has 0 aromatic carbocycles. The van der Waals surface area contributed by atoms with Crippen molar-refractivity contribution in [3.8, 4) is 0 Å². The first-order valence-corrected chi connectivity index (χ1v) is 7.55. The zero-order valence-corrected chi connectivity index (χ0v) is 12.0. The van der Waals surface area contributed by atoms with Gasteiger partial charge in [-0.05, 0) is 33.6 Å². The predicted octanol–water partition coefficient (Wildman–Crippen LogP) is 4.00. The molecule has 1 saturated carbocycles. The van der Waals surface area contributed by atoms with E-state index in [1.165, 1.54) is 37.7 Å². The second-order valence-corrected chi connectivity index (χ2v) is 7.21. The Kier molecular flexibility index (Phi) is 5.91. The first-order valence-electron chi connectivity index (χ1n) is 6.51. The number of thioether (sulfide) groups is 1. The second-order valence-electron chi connectivity index (χ2n) is 5.92. The second kappa shape index (κ2) is 6.70. The fourth-order valence-electron chi connectivity index (χ4n) is 1.91. The van der Waals surface area contributed by atoms with E-state index in [0.717, 1.165) is 17.5 Å². The third kappa shape index (κ3) is 6.59. The maximum atomic E-state index is 4.16. The monoisotopic (exact) mass is 241 g/mol. The molecule has 1 aliphatic rings. The molecule has 0 atom stereocenters. The van der Waals surface area contributed by atoms with Crippen LogP contribution in [0.1, 0.15) is 52.9 Å². The highest BCUT2D eigenvalue weighted by Gasteiger charge is 2.14. The Hall–Kier alpha value is 0.0500. The fraction of sp³-hybridized carbons (Fsp3) is 0.857. The summed E-state index contributed by atoms with van der Waals surface area (Å²) in [6, 6.07) is 0. The lowest BCUT2D eigenvalue weighted by molar-refractivity contribution is 0.445. The lowest BCUT2D eigenvalue weighted by atomic mass is 10.0. The number of nitrogens with one attached hydrogen (secondary N) is 1. The van der Waals surface area contributed by atoms with Crippen molar-refractivity contribution in [2.24, 2.45) is 0 Å². The van der Waals surface area contributed by atoms with E-state index in [0.29, 0.717) is 0 Å². The standard InChI is InChI=1S/C14H27NS/c1-12(10-15-14(2,3)4)11-16-13-8-6-5-7-9-13/h13,15H,1,5-11H2,2-4H3. The average molecular weight is 241 g/mol. The summed E-state index contributed by atoms with van der Waals surface area (Å²) in [5.74, 6) is 1.13. The molecule has 0 aromatic rings. The highest BCUT2D eigenvalue weighted by molar-refractivity contribution is 8.00. The van der Waals surface area contributed by atoms with Crippen molar-refractivity contribution in [2.45, 2.75) is 63.7 Å². The van der Waals surface area contributed by atoms with Gasteiger partial charge in [0.1, 0.15) is 0 Å². The van der Waals surface area contributed by atoms with Crippen LogP contribution in [0, 0.1) is 0 Å². The van der Waals surface area contributed by atoms with Crippen molar-refractivity contribution in [1.82, 2.24) is 5.32 Å². The van der Waals surface area contributed by atoms with Crippen LogP contribution in [-0.2, 0) is 0 Å². The number of rotatable bonds is 5. The Morgan fingerprint density at radius 1 is 1.25 bits per heavy atom. The zero-order chi connectivity index (χ0) is 12.0. The molecule has 94 valence electrons. The van der Waals surface area contributed by atoms with E-state index in [1.807, 2.05) is 0 Å². The molecule has 1 N–H and O–H groups in total. The molecule has 16 heavy (non-hydrogen) atoms. The van der Waals surface area contributed by atoms with Gasteiger partial charge in [0.15, 0.2) is 0 Å². The summed E-state index contributed by atoms with van der Waals surface area (Å²) in [6.07, 6.45) is 7.16.